The Morgan fingerprint density at radius 1 is 1.53 bits per heavy atom. The van der Waals surface area contributed by atoms with Crippen molar-refractivity contribution in [3.05, 3.63) is 33.8 Å². The highest BCUT2D eigenvalue weighted by Crippen LogP contribution is 2.43. The van der Waals surface area contributed by atoms with Crippen molar-refractivity contribution >= 4 is 27.7 Å². The Labute approximate surface area is 103 Å². The first-order valence-corrected chi connectivity index (χ1v) is 6.99. The summed E-state index contributed by atoms with van der Waals surface area (Å²) < 4.78 is 1.10. The van der Waals surface area contributed by atoms with Crippen LogP contribution < -0.4 is 0 Å². The average Bonchev–Trinajstić information content (AvgIpc) is 2.53. The van der Waals surface area contributed by atoms with Crippen LogP contribution in [0, 0.1) is 6.92 Å². The first-order valence-electron chi connectivity index (χ1n) is 5.14. The second-order valence-electron chi connectivity index (χ2n) is 4.15. The number of benzene rings is 1. The van der Waals surface area contributed by atoms with Crippen molar-refractivity contribution in [3.63, 3.8) is 0 Å². The fourth-order valence-corrected chi connectivity index (χ4v) is 3.58. The summed E-state index contributed by atoms with van der Waals surface area (Å²) in [6.07, 6.45) is 0.861. The lowest BCUT2D eigenvalue weighted by atomic mass is 9.88. The van der Waals surface area contributed by atoms with Crippen molar-refractivity contribution in [2.24, 2.45) is 0 Å². The van der Waals surface area contributed by atoms with Gasteiger partial charge in [-0.25, -0.2) is 0 Å². The Morgan fingerprint density at radius 2 is 2.27 bits per heavy atom. The smallest absolute Gasteiger partial charge is 0.102 e. The highest BCUT2D eigenvalue weighted by molar-refractivity contribution is 9.10. The van der Waals surface area contributed by atoms with Gasteiger partial charge in [0, 0.05) is 9.72 Å². The molecule has 0 spiro atoms. The molecular weight excluding hydrogens is 272 g/mol. The number of hydrogen-bond donors (Lipinski definition) is 1. The third-order valence-electron chi connectivity index (χ3n) is 3.18. The van der Waals surface area contributed by atoms with Crippen molar-refractivity contribution in [1.82, 2.24) is 0 Å². The minimum atomic E-state index is -0.629. The molecule has 2 atom stereocenters. The lowest BCUT2D eigenvalue weighted by Crippen LogP contribution is -2.31. The summed E-state index contributed by atoms with van der Waals surface area (Å²) >= 11 is 5.33. The van der Waals surface area contributed by atoms with E-state index in [9.17, 15) is 5.11 Å². The van der Waals surface area contributed by atoms with Gasteiger partial charge in [-0.05, 0) is 36.3 Å². The number of thioether (sulfide) groups is 1. The van der Waals surface area contributed by atoms with Crippen LogP contribution in [-0.2, 0) is 5.60 Å². The van der Waals surface area contributed by atoms with Gasteiger partial charge in [-0.3, -0.25) is 0 Å². The molecular formula is C12H15BrOS. The zero-order valence-corrected chi connectivity index (χ0v) is 11.4. The molecule has 1 aromatic rings. The molecule has 82 valence electrons. The molecule has 0 aromatic heterocycles. The summed E-state index contributed by atoms with van der Waals surface area (Å²) in [5, 5.41) is 10.9. The molecule has 0 amide bonds. The number of aryl methyl sites for hydroxylation is 1. The summed E-state index contributed by atoms with van der Waals surface area (Å²) in [6.45, 7) is 4.17. The van der Waals surface area contributed by atoms with Crippen LogP contribution in [0.1, 0.15) is 24.5 Å². The van der Waals surface area contributed by atoms with Crippen LogP contribution >= 0.6 is 27.7 Å². The van der Waals surface area contributed by atoms with E-state index in [0.717, 1.165) is 22.2 Å². The van der Waals surface area contributed by atoms with Crippen LogP contribution in [-0.4, -0.2) is 16.1 Å². The Balaban J connectivity index is 2.40. The van der Waals surface area contributed by atoms with E-state index in [0.29, 0.717) is 0 Å². The van der Waals surface area contributed by atoms with Gasteiger partial charge in [-0.1, -0.05) is 35.0 Å². The number of aliphatic hydroxyl groups is 1. The van der Waals surface area contributed by atoms with Gasteiger partial charge >= 0.3 is 0 Å². The molecule has 1 aliphatic rings. The molecule has 15 heavy (non-hydrogen) atoms. The van der Waals surface area contributed by atoms with Crippen molar-refractivity contribution in [3.8, 4) is 0 Å². The molecule has 1 fully saturated rings. The largest absolute Gasteiger partial charge is 0.384 e. The van der Waals surface area contributed by atoms with Crippen LogP contribution in [0.5, 0.6) is 0 Å². The zero-order chi connectivity index (χ0) is 11.1. The Bertz CT molecular complexity index is 380. The van der Waals surface area contributed by atoms with E-state index in [-0.39, 0.29) is 5.25 Å². The van der Waals surface area contributed by atoms with Crippen LogP contribution in [0.25, 0.3) is 0 Å². The van der Waals surface area contributed by atoms with Gasteiger partial charge in [-0.15, -0.1) is 0 Å². The van der Waals surface area contributed by atoms with Crippen molar-refractivity contribution in [1.29, 1.82) is 0 Å². The SMILES string of the molecule is Cc1cc([C@@]2(O)CCS[C@H]2C)ccc1Br. The molecule has 1 heterocycles. The maximum absolute atomic E-state index is 10.6. The maximum Gasteiger partial charge on any atom is 0.102 e. The Hall–Kier alpha value is 0.01000. The third kappa shape index (κ3) is 1.97. The van der Waals surface area contributed by atoms with E-state index in [1.54, 1.807) is 0 Å². The molecule has 1 N–H and O–H groups in total. The molecule has 0 saturated carbocycles. The van der Waals surface area contributed by atoms with E-state index in [1.165, 1.54) is 5.56 Å². The Morgan fingerprint density at radius 3 is 2.80 bits per heavy atom. The molecule has 0 aliphatic carbocycles. The number of hydrogen-bond acceptors (Lipinski definition) is 2. The molecule has 3 heteroatoms. The minimum absolute atomic E-state index is 0.290. The van der Waals surface area contributed by atoms with E-state index in [1.807, 2.05) is 23.9 Å². The predicted molar refractivity (Wildman–Crippen MR) is 69.3 cm³/mol. The van der Waals surface area contributed by atoms with Crippen molar-refractivity contribution in [2.75, 3.05) is 5.75 Å². The quantitative estimate of drug-likeness (QED) is 0.853. The van der Waals surface area contributed by atoms with E-state index in [2.05, 4.69) is 35.8 Å². The second kappa shape index (κ2) is 4.11. The highest BCUT2D eigenvalue weighted by atomic mass is 79.9. The standard InChI is InChI=1S/C12H15BrOS/c1-8-7-10(3-4-11(8)13)12(14)5-6-15-9(12)2/h3-4,7,9,14H,5-6H2,1-2H3/t9-,12+/m0/s1. The van der Waals surface area contributed by atoms with Gasteiger partial charge in [0.1, 0.15) is 5.60 Å². The third-order valence-corrected chi connectivity index (χ3v) is 5.40. The predicted octanol–water partition coefficient (Wildman–Crippen LogP) is 3.47. The van der Waals surface area contributed by atoms with Gasteiger partial charge in [0.15, 0.2) is 0 Å². The van der Waals surface area contributed by atoms with Gasteiger partial charge in [0.2, 0.25) is 0 Å². The van der Waals surface area contributed by atoms with Gasteiger partial charge < -0.3 is 5.11 Å². The lowest BCUT2D eigenvalue weighted by molar-refractivity contribution is 0.0426. The molecule has 0 radical (unpaired) electrons. The van der Waals surface area contributed by atoms with Crippen LogP contribution in [0.15, 0.2) is 22.7 Å². The molecule has 1 aliphatic heterocycles. The normalized spacial score (nSPS) is 30.8. The summed E-state index contributed by atoms with van der Waals surface area (Å²) in [7, 11) is 0. The Kier molecular flexibility index (Phi) is 3.15. The van der Waals surface area contributed by atoms with Crippen LogP contribution in [0.2, 0.25) is 0 Å². The van der Waals surface area contributed by atoms with Crippen molar-refractivity contribution < 1.29 is 5.11 Å². The summed E-state index contributed by atoms with van der Waals surface area (Å²) in [5.41, 5.74) is 1.61. The maximum atomic E-state index is 10.6. The van der Waals surface area contributed by atoms with E-state index < -0.39 is 5.60 Å². The topological polar surface area (TPSA) is 20.2 Å². The molecule has 1 nitrogen and oxygen atoms in total. The van der Waals surface area contributed by atoms with Crippen LogP contribution in [0.4, 0.5) is 0 Å². The number of halogens is 1. The molecule has 0 bridgehead atoms. The fraction of sp³-hybridized carbons (Fsp3) is 0.500. The molecule has 2 rings (SSSR count). The van der Waals surface area contributed by atoms with Gasteiger partial charge in [-0.2, -0.15) is 11.8 Å². The first kappa shape index (κ1) is 11.5. The summed E-state index contributed by atoms with van der Waals surface area (Å²) in [6, 6.07) is 6.14. The average molecular weight is 287 g/mol. The lowest BCUT2D eigenvalue weighted by Gasteiger charge is -2.27. The van der Waals surface area contributed by atoms with Gasteiger partial charge in [0.05, 0.1) is 0 Å². The monoisotopic (exact) mass is 286 g/mol. The fourth-order valence-electron chi connectivity index (χ4n) is 2.03. The van der Waals surface area contributed by atoms with Gasteiger partial charge in [0.25, 0.3) is 0 Å². The summed E-state index contributed by atoms with van der Waals surface area (Å²) in [4.78, 5) is 0. The van der Waals surface area contributed by atoms with Crippen molar-refractivity contribution in [2.45, 2.75) is 31.1 Å². The molecule has 1 aromatic carbocycles. The zero-order valence-electron chi connectivity index (χ0n) is 8.96. The van der Waals surface area contributed by atoms with E-state index >= 15 is 0 Å². The second-order valence-corrected chi connectivity index (χ2v) is 6.45. The number of rotatable bonds is 1. The minimum Gasteiger partial charge on any atom is -0.384 e. The van der Waals surface area contributed by atoms with Crippen LogP contribution in [0.3, 0.4) is 0 Å². The summed E-state index contributed by atoms with van der Waals surface area (Å²) in [5.74, 6) is 1.05. The first-order chi connectivity index (χ1) is 7.04. The molecule has 1 saturated heterocycles. The molecule has 0 unspecified atom stereocenters. The highest BCUT2D eigenvalue weighted by Gasteiger charge is 2.40. The van der Waals surface area contributed by atoms with E-state index in [4.69, 9.17) is 0 Å².